The van der Waals surface area contributed by atoms with Gasteiger partial charge in [-0.15, -0.1) is 0 Å². The van der Waals surface area contributed by atoms with E-state index < -0.39 is 5.97 Å². The Morgan fingerprint density at radius 1 is 1.14 bits per heavy atom. The van der Waals surface area contributed by atoms with Crippen LogP contribution in [0.1, 0.15) is 11.1 Å². The molecule has 0 saturated carbocycles. The van der Waals surface area contributed by atoms with Crippen LogP contribution < -0.4 is 0 Å². The topological polar surface area (TPSA) is 38.7 Å². The molecule has 0 spiro atoms. The highest BCUT2D eigenvalue weighted by Crippen LogP contribution is 2.20. The summed E-state index contributed by atoms with van der Waals surface area (Å²) in [5.74, 6) is -0.146. The van der Waals surface area contributed by atoms with Crippen molar-refractivity contribution in [2.24, 2.45) is 4.99 Å². The Kier molecular flexibility index (Phi) is 4.07. The van der Waals surface area contributed by atoms with Crippen molar-refractivity contribution in [1.29, 1.82) is 0 Å². The Hall–Kier alpha value is -1.66. The van der Waals surface area contributed by atoms with Crippen molar-refractivity contribution >= 4 is 52.1 Å². The zero-order valence-corrected chi connectivity index (χ0v) is 13.6. The molecule has 0 N–H and O–H groups in total. The first-order valence-electron chi connectivity index (χ1n) is 6.16. The summed E-state index contributed by atoms with van der Waals surface area (Å²) in [5.41, 5.74) is 1.93. The third-order valence-electron chi connectivity index (χ3n) is 2.86. The van der Waals surface area contributed by atoms with E-state index in [2.05, 4.69) is 27.6 Å². The highest BCUT2D eigenvalue weighted by atomic mass is 127. The van der Waals surface area contributed by atoms with Gasteiger partial charge >= 0.3 is 5.97 Å². The van der Waals surface area contributed by atoms with Gasteiger partial charge in [-0.3, -0.25) is 0 Å². The largest absolute Gasteiger partial charge is 0.402 e. The van der Waals surface area contributed by atoms with Crippen LogP contribution >= 0.6 is 34.2 Å². The van der Waals surface area contributed by atoms with Crippen molar-refractivity contribution in [2.75, 3.05) is 0 Å². The fourth-order valence-corrected chi connectivity index (χ4v) is 2.57. The van der Waals surface area contributed by atoms with Crippen LogP contribution in [0.15, 0.2) is 59.2 Å². The average molecular weight is 410 g/mol. The van der Waals surface area contributed by atoms with E-state index in [1.165, 1.54) is 0 Å². The number of benzene rings is 2. The summed E-state index contributed by atoms with van der Waals surface area (Å²) in [4.78, 5) is 16.1. The van der Waals surface area contributed by atoms with E-state index in [0.717, 1.165) is 14.7 Å². The third kappa shape index (κ3) is 3.33. The van der Waals surface area contributed by atoms with Crippen molar-refractivity contribution in [3.8, 4) is 0 Å². The monoisotopic (exact) mass is 409 g/mol. The molecule has 0 fully saturated rings. The molecule has 1 aliphatic heterocycles. The fourth-order valence-electron chi connectivity index (χ4n) is 1.88. The number of nitrogens with zero attached hydrogens (tertiary/aromatic N) is 1. The van der Waals surface area contributed by atoms with Gasteiger partial charge in [0.2, 0.25) is 5.90 Å². The summed E-state index contributed by atoms with van der Waals surface area (Å²) < 4.78 is 6.29. The smallest absolute Gasteiger partial charge is 0.363 e. The Morgan fingerprint density at radius 3 is 2.62 bits per heavy atom. The normalized spacial score (nSPS) is 16.0. The van der Waals surface area contributed by atoms with E-state index in [0.29, 0.717) is 16.6 Å². The van der Waals surface area contributed by atoms with Crippen LogP contribution in [-0.2, 0) is 9.53 Å². The van der Waals surface area contributed by atoms with Crippen molar-refractivity contribution < 1.29 is 9.53 Å². The molecule has 0 saturated heterocycles. The Bertz CT molecular complexity index is 766. The van der Waals surface area contributed by atoms with Gasteiger partial charge in [-0.25, -0.2) is 9.79 Å². The Labute approximate surface area is 140 Å². The molecular formula is C16H9ClINO2. The molecule has 0 atom stereocenters. The maximum atomic E-state index is 11.9. The highest BCUT2D eigenvalue weighted by molar-refractivity contribution is 14.1. The summed E-state index contributed by atoms with van der Waals surface area (Å²) in [5, 5.41) is 0.623. The molecule has 1 heterocycles. The van der Waals surface area contributed by atoms with Gasteiger partial charge in [0, 0.05) is 14.2 Å². The number of ether oxygens (including phenoxy) is 1. The summed E-state index contributed by atoms with van der Waals surface area (Å²) in [7, 11) is 0. The summed E-state index contributed by atoms with van der Waals surface area (Å²) in [6.45, 7) is 0. The Morgan fingerprint density at radius 2 is 1.90 bits per heavy atom. The number of aliphatic imine (C=N–C) groups is 1. The van der Waals surface area contributed by atoms with Gasteiger partial charge in [-0.05, 0) is 70.6 Å². The standard InChI is InChI=1S/C16H9ClINO2/c17-12-6-4-11(5-7-12)15-19-14(16(20)21-15)9-10-2-1-3-13(18)8-10/h1-9H/b14-9+. The highest BCUT2D eigenvalue weighted by Gasteiger charge is 2.23. The van der Waals surface area contributed by atoms with Gasteiger partial charge in [0.25, 0.3) is 0 Å². The lowest BCUT2D eigenvalue weighted by Gasteiger charge is -1.98. The first-order valence-corrected chi connectivity index (χ1v) is 7.61. The number of halogens is 2. The summed E-state index contributed by atoms with van der Waals surface area (Å²) >= 11 is 8.06. The molecule has 2 aromatic rings. The number of rotatable bonds is 2. The van der Waals surface area contributed by atoms with Gasteiger partial charge in [0.1, 0.15) is 0 Å². The first kappa shape index (κ1) is 14.3. The quantitative estimate of drug-likeness (QED) is 0.422. The summed E-state index contributed by atoms with van der Waals surface area (Å²) in [6, 6.07) is 14.8. The maximum Gasteiger partial charge on any atom is 0.363 e. The molecule has 0 unspecified atom stereocenters. The molecule has 0 bridgehead atoms. The minimum atomic E-state index is -0.446. The molecule has 0 radical (unpaired) electrons. The molecule has 0 aliphatic carbocycles. The van der Waals surface area contributed by atoms with Crippen molar-refractivity contribution in [1.82, 2.24) is 0 Å². The zero-order chi connectivity index (χ0) is 14.8. The lowest BCUT2D eigenvalue weighted by Crippen LogP contribution is -2.05. The van der Waals surface area contributed by atoms with Crippen LogP contribution in [0, 0.1) is 3.57 Å². The van der Waals surface area contributed by atoms with Gasteiger partial charge < -0.3 is 4.74 Å². The van der Waals surface area contributed by atoms with E-state index in [1.54, 1.807) is 30.3 Å². The van der Waals surface area contributed by atoms with Crippen LogP contribution in [-0.4, -0.2) is 11.9 Å². The second-order valence-corrected chi connectivity index (χ2v) is 6.08. The maximum absolute atomic E-state index is 11.9. The minimum absolute atomic E-state index is 0.293. The molecule has 104 valence electrons. The second-order valence-electron chi connectivity index (χ2n) is 4.40. The molecule has 1 aliphatic rings. The van der Waals surface area contributed by atoms with Gasteiger partial charge in [-0.1, -0.05) is 23.7 Å². The first-order chi connectivity index (χ1) is 10.1. The molecule has 3 rings (SSSR count). The van der Waals surface area contributed by atoms with Crippen molar-refractivity contribution in [2.45, 2.75) is 0 Å². The number of esters is 1. The molecule has 2 aromatic carbocycles. The van der Waals surface area contributed by atoms with Crippen LogP contribution in [0.2, 0.25) is 5.02 Å². The number of carbonyl (C=O) groups excluding carboxylic acids is 1. The van der Waals surface area contributed by atoms with Crippen molar-refractivity contribution in [3.05, 3.63) is 73.9 Å². The lowest BCUT2D eigenvalue weighted by atomic mass is 10.2. The summed E-state index contributed by atoms with van der Waals surface area (Å²) in [6.07, 6.45) is 1.72. The van der Waals surface area contributed by atoms with Crippen LogP contribution in [0.3, 0.4) is 0 Å². The lowest BCUT2D eigenvalue weighted by molar-refractivity contribution is -0.129. The molecule has 21 heavy (non-hydrogen) atoms. The van der Waals surface area contributed by atoms with Crippen LogP contribution in [0.25, 0.3) is 6.08 Å². The number of carbonyl (C=O) groups is 1. The van der Waals surface area contributed by atoms with E-state index in [-0.39, 0.29) is 0 Å². The molecule has 3 nitrogen and oxygen atoms in total. The molecule has 5 heteroatoms. The van der Waals surface area contributed by atoms with Crippen LogP contribution in [0.5, 0.6) is 0 Å². The van der Waals surface area contributed by atoms with E-state index in [4.69, 9.17) is 16.3 Å². The van der Waals surface area contributed by atoms with Gasteiger partial charge in [0.05, 0.1) is 0 Å². The van der Waals surface area contributed by atoms with Gasteiger partial charge in [-0.2, -0.15) is 0 Å². The second kappa shape index (κ2) is 5.99. The number of hydrogen-bond acceptors (Lipinski definition) is 3. The minimum Gasteiger partial charge on any atom is -0.402 e. The van der Waals surface area contributed by atoms with Crippen LogP contribution in [0.4, 0.5) is 0 Å². The Balaban J connectivity index is 1.93. The van der Waals surface area contributed by atoms with E-state index in [1.807, 2.05) is 24.3 Å². The SMILES string of the molecule is O=C1OC(c2ccc(Cl)cc2)=N/C1=C/c1cccc(I)c1. The van der Waals surface area contributed by atoms with E-state index >= 15 is 0 Å². The predicted octanol–water partition coefficient (Wildman–Crippen LogP) is 4.29. The number of hydrogen-bond donors (Lipinski definition) is 0. The van der Waals surface area contributed by atoms with Gasteiger partial charge in [0.15, 0.2) is 5.70 Å². The third-order valence-corrected chi connectivity index (χ3v) is 3.79. The molecule has 0 aromatic heterocycles. The fraction of sp³-hybridized carbons (Fsp3) is 0. The zero-order valence-electron chi connectivity index (χ0n) is 10.7. The average Bonchev–Trinajstić information content (AvgIpc) is 2.81. The molecule has 0 amide bonds. The predicted molar refractivity (Wildman–Crippen MR) is 91.2 cm³/mol. The van der Waals surface area contributed by atoms with E-state index in [9.17, 15) is 4.79 Å². The number of cyclic esters (lactones) is 1. The molecular weight excluding hydrogens is 401 g/mol. The van der Waals surface area contributed by atoms with Crippen molar-refractivity contribution in [3.63, 3.8) is 0 Å².